The lowest BCUT2D eigenvalue weighted by molar-refractivity contribution is -0.139. The lowest BCUT2D eigenvalue weighted by atomic mass is 10.1. The maximum Gasteiger partial charge on any atom is 0.264 e. The van der Waals surface area contributed by atoms with E-state index in [4.69, 9.17) is 27.9 Å². The minimum absolute atomic E-state index is 0.0112. The van der Waals surface area contributed by atoms with E-state index in [0.717, 1.165) is 35.6 Å². The number of nitrogens with one attached hydrogen (secondary N) is 1. The number of para-hydroxylation sites is 1. The fourth-order valence-corrected chi connectivity index (χ4v) is 7.22. The fraction of sp³-hybridized carbons (Fsp3) is 0.278. The van der Waals surface area contributed by atoms with E-state index in [1.807, 2.05) is 37.3 Å². The van der Waals surface area contributed by atoms with Gasteiger partial charge < -0.3 is 15.0 Å². The molecule has 11 heteroatoms. The molecule has 0 saturated heterocycles. The van der Waals surface area contributed by atoms with Crippen LogP contribution in [0.4, 0.5) is 5.69 Å². The molecule has 0 unspecified atom stereocenters. The Kier molecular flexibility index (Phi) is 11.1. The van der Waals surface area contributed by atoms with E-state index in [2.05, 4.69) is 5.32 Å². The SMILES string of the molecule is Cc1ccc(S(=O)(=O)N(CC(=O)N(Cc2ccc(Cl)c(Cl)c2)[C@@H](C)C(=O)NC2CCCC2)c2ccc(Oc3ccccc3)cc2)cc1. The maximum atomic E-state index is 14.3. The summed E-state index contributed by atoms with van der Waals surface area (Å²) >= 11 is 12.4. The van der Waals surface area contributed by atoms with Crippen molar-refractivity contribution in [2.45, 2.75) is 63.1 Å². The number of halogens is 2. The zero-order valence-corrected chi connectivity index (χ0v) is 28.6. The summed E-state index contributed by atoms with van der Waals surface area (Å²) in [5.74, 6) is 0.255. The number of rotatable bonds is 12. The highest BCUT2D eigenvalue weighted by atomic mass is 35.5. The van der Waals surface area contributed by atoms with Crippen molar-refractivity contribution < 1.29 is 22.7 Å². The molecule has 1 N–H and O–H groups in total. The first kappa shape index (κ1) is 34.3. The van der Waals surface area contributed by atoms with Gasteiger partial charge in [0.1, 0.15) is 24.1 Å². The third-order valence-corrected chi connectivity index (χ3v) is 10.7. The second kappa shape index (κ2) is 15.2. The van der Waals surface area contributed by atoms with Crippen molar-refractivity contribution in [3.8, 4) is 11.5 Å². The predicted octanol–water partition coefficient (Wildman–Crippen LogP) is 7.77. The molecule has 1 fully saturated rings. The van der Waals surface area contributed by atoms with E-state index >= 15 is 0 Å². The maximum absolute atomic E-state index is 14.3. The number of hydrogen-bond donors (Lipinski definition) is 1. The molecule has 1 atom stereocenters. The van der Waals surface area contributed by atoms with Crippen LogP contribution in [0.5, 0.6) is 11.5 Å². The molecule has 1 saturated carbocycles. The van der Waals surface area contributed by atoms with Crippen LogP contribution < -0.4 is 14.4 Å². The number of hydrogen-bond acceptors (Lipinski definition) is 5. The van der Waals surface area contributed by atoms with Crippen LogP contribution in [0.25, 0.3) is 0 Å². The van der Waals surface area contributed by atoms with Crippen LogP contribution in [0, 0.1) is 6.92 Å². The Morgan fingerprint density at radius 2 is 1.51 bits per heavy atom. The second-order valence-corrected chi connectivity index (χ2v) is 14.3. The van der Waals surface area contributed by atoms with Gasteiger partial charge in [-0.15, -0.1) is 0 Å². The molecule has 246 valence electrons. The van der Waals surface area contributed by atoms with E-state index < -0.39 is 28.5 Å². The van der Waals surface area contributed by atoms with Gasteiger partial charge in [-0.2, -0.15) is 0 Å². The van der Waals surface area contributed by atoms with E-state index in [1.165, 1.54) is 17.0 Å². The molecule has 0 aromatic heterocycles. The van der Waals surface area contributed by atoms with Gasteiger partial charge in [-0.1, -0.05) is 78.0 Å². The number of amides is 2. The molecule has 5 rings (SSSR count). The van der Waals surface area contributed by atoms with Crippen molar-refractivity contribution in [3.63, 3.8) is 0 Å². The van der Waals surface area contributed by atoms with Gasteiger partial charge in [-0.3, -0.25) is 13.9 Å². The topological polar surface area (TPSA) is 96.0 Å². The smallest absolute Gasteiger partial charge is 0.264 e. The zero-order valence-electron chi connectivity index (χ0n) is 26.2. The lowest BCUT2D eigenvalue weighted by Gasteiger charge is -2.32. The van der Waals surface area contributed by atoms with Crippen molar-refractivity contribution >= 4 is 50.7 Å². The Balaban J connectivity index is 1.48. The Morgan fingerprint density at radius 1 is 0.872 bits per heavy atom. The molecule has 0 bridgehead atoms. The molecular weight excluding hydrogens is 657 g/mol. The molecule has 4 aromatic rings. The van der Waals surface area contributed by atoms with E-state index in [9.17, 15) is 18.0 Å². The summed E-state index contributed by atoms with van der Waals surface area (Å²) in [6.07, 6.45) is 3.83. The van der Waals surface area contributed by atoms with Crippen LogP contribution in [0.3, 0.4) is 0 Å². The molecule has 47 heavy (non-hydrogen) atoms. The molecule has 1 aliphatic rings. The molecule has 8 nitrogen and oxygen atoms in total. The van der Waals surface area contributed by atoms with Gasteiger partial charge in [0.25, 0.3) is 10.0 Å². The average Bonchev–Trinajstić information content (AvgIpc) is 3.58. The highest BCUT2D eigenvalue weighted by Crippen LogP contribution is 2.29. The minimum Gasteiger partial charge on any atom is -0.457 e. The van der Waals surface area contributed by atoms with Crippen LogP contribution in [-0.4, -0.2) is 43.8 Å². The summed E-state index contributed by atoms with van der Waals surface area (Å²) in [7, 11) is -4.22. The highest BCUT2D eigenvalue weighted by molar-refractivity contribution is 7.92. The molecule has 0 aliphatic heterocycles. The van der Waals surface area contributed by atoms with Gasteiger partial charge >= 0.3 is 0 Å². The van der Waals surface area contributed by atoms with Crippen LogP contribution in [-0.2, 0) is 26.2 Å². The first-order chi connectivity index (χ1) is 22.5. The number of aryl methyl sites for hydroxylation is 1. The predicted molar refractivity (Wildman–Crippen MR) is 186 cm³/mol. The van der Waals surface area contributed by atoms with Crippen LogP contribution in [0.1, 0.15) is 43.7 Å². The number of sulfonamides is 1. The number of carbonyl (C=O) groups is 2. The summed E-state index contributed by atoms with van der Waals surface area (Å²) in [5, 5.41) is 3.73. The quantitative estimate of drug-likeness (QED) is 0.164. The van der Waals surface area contributed by atoms with E-state index in [0.29, 0.717) is 27.1 Å². The largest absolute Gasteiger partial charge is 0.457 e. The number of anilines is 1. The van der Waals surface area contributed by atoms with Gasteiger partial charge in [-0.05, 0) is 92.9 Å². The molecule has 1 aliphatic carbocycles. The fourth-order valence-electron chi connectivity index (χ4n) is 5.48. The number of benzene rings is 4. The lowest BCUT2D eigenvalue weighted by Crippen LogP contribution is -2.52. The van der Waals surface area contributed by atoms with E-state index in [1.54, 1.807) is 61.5 Å². The Morgan fingerprint density at radius 3 is 2.15 bits per heavy atom. The Bertz CT molecular complexity index is 1800. The van der Waals surface area contributed by atoms with Crippen molar-refractivity contribution in [2.24, 2.45) is 0 Å². The van der Waals surface area contributed by atoms with Gasteiger partial charge in [-0.25, -0.2) is 8.42 Å². The minimum atomic E-state index is -4.22. The zero-order chi connectivity index (χ0) is 33.6. The van der Waals surface area contributed by atoms with Crippen LogP contribution >= 0.6 is 23.2 Å². The summed E-state index contributed by atoms with van der Waals surface area (Å²) in [6, 6.07) is 26.3. The highest BCUT2D eigenvalue weighted by Gasteiger charge is 2.33. The van der Waals surface area contributed by atoms with Gasteiger partial charge in [0, 0.05) is 12.6 Å². The first-order valence-corrected chi connectivity index (χ1v) is 17.7. The summed E-state index contributed by atoms with van der Waals surface area (Å²) < 4.78 is 35.3. The van der Waals surface area contributed by atoms with E-state index in [-0.39, 0.29) is 29.1 Å². The number of ether oxygens (including phenoxy) is 1. The third kappa shape index (κ3) is 8.66. The van der Waals surface area contributed by atoms with Crippen molar-refractivity contribution in [2.75, 3.05) is 10.8 Å². The van der Waals surface area contributed by atoms with Crippen molar-refractivity contribution in [1.82, 2.24) is 10.2 Å². The monoisotopic (exact) mass is 693 g/mol. The Labute approximate surface area is 286 Å². The van der Waals surface area contributed by atoms with Gasteiger partial charge in [0.05, 0.1) is 20.6 Å². The molecule has 2 amide bonds. The molecule has 4 aromatic carbocycles. The summed E-state index contributed by atoms with van der Waals surface area (Å²) in [6.45, 7) is 2.96. The third-order valence-electron chi connectivity index (χ3n) is 8.20. The Hall–Kier alpha value is -4.05. The van der Waals surface area contributed by atoms with Crippen molar-refractivity contribution in [1.29, 1.82) is 0 Å². The van der Waals surface area contributed by atoms with Crippen molar-refractivity contribution in [3.05, 3.63) is 118 Å². The molecule has 0 spiro atoms. The van der Waals surface area contributed by atoms with Crippen LogP contribution in [0.15, 0.2) is 102 Å². The first-order valence-electron chi connectivity index (χ1n) is 15.5. The standard InChI is InChI=1S/C36H37Cl2N3O5S/c1-25-12-19-32(20-13-25)47(44,45)41(29-15-17-31(18-16-29)46-30-10-4-3-5-11-30)24-35(42)40(23-27-14-21-33(37)34(38)22-27)26(2)36(43)39-28-8-6-7-9-28/h3-5,10-22,26,28H,6-9,23-24H2,1-2H3,(H,39,43)/t26-/m0/s1. The number of carbonyl (C=O) groups excluding carboxylic acids is 2. The van der Waals surface area contributed by atoms with Crippen LogP contribution in [0.2, 0.25) is 10.0 Å². The molecule has 0 heterocycles. The number of nitrogens with zero attached hydrogens (tertiary/aromatic N) is 2. The summed E-state index contributed by atoms with van der Waals surface area (Å²) in [5.41, 5.74) is 1.80. The summed E-state index contributed by atoms with van der Waals surface area (Å²) in [4.78, 5) is 29.1. The molecule has 0 radical (unpaired) electrons. The normalized spacial score (nSPS) is 14.0. The van der Waals surface area contributed by atoms with Gasteiger partial charge in [0.15, 0.2) is 0 Å². The molecular formula is C36H37Cl2N3O5S. The van der Waals surface area contributed by atoms with Gasteiger partial charge in [0.2, 0.25) is 11.8 Å². The second-order valence-electron chi connectivity index (χ2n) is 11.7. The average molecular weight is 695 g/mol.